The van der Waals surface area contributed by atoms with E-state index in [1.807, 2.05) is 43.3 Å². The van der Waals surface area contributed by atoms with Crippen LogP contribution in [0.15, 0.2) is 0 Å². The molecule has 0 fully saturated rings. The van der Waals surface area contributed by atoms with Crippen LogP contribution >= 0.6 is 70.6 Å². The van der Waals surface area contributed by atoms with Gasteiger partial charge in [-0.25, -0.2) is 4.79 Å². The van der Waals surface area contributed by atoms with Crippen LogP contribution in [0.4, 0.5) is 4.79 Å². The highest BCUT2D eigenvalue weighted by Gasteiger charge is 2.23. The van der Waals surface area contributed by atoms with E-state index in [-0.39, 0.29) is 436 Å². The summed E-state index contributed by atoms with van der Waals surface area (Å²) in [6.07, 6.45) is 19.6. The van der Waals surface area contributed by atoms with E-state index in [4.69, 9.17) is 17.9 Å². The Hall–Kier alpha value is -8.66. The second-order valence-corrected chi connectivity index (χ2v) is 38.5. The molecule has 0 saturated heterocycles. The number of thioether (sulfide) groups is 6. The highest BCUT2D eigenvalue weighted by atomic mass is 32.2. The zero-order valence-corrected chi connectivity index (χ0v) is 90.1. The molecule has 143 heavy (non-hydrogen) atoms. The first-order valence-corrected chi connectivity index (χ1v) is 57.4. The minimum atomic E-state index is -0.551. The van der Waals surface area contributed by atoms with Crippen molar-refractivity contribution in [2.24, 2.45) is 11.5 Å². The highest BCUT2D eigenvalue weighted by molar-refractivity contribution is 8.00. The Bertz CT molecular complexity index is 3740. The lowest BCUT2D eigenvalue weighted by atomic mass is 10.1. The molecule has 0 bridgehead atoms. The molecule has 0 aliphatic rings. The number of amides is 17. The molecule has 45 nitrogen and oxygen atoms in total. The molecule has 0 aromatic heterocycles. The summed E-state index contributed by atoms with van der Waals surface area (Å²) in [5, 5.41) is 45.0. The zero-order valence-electron chi connectivity index (χ0n) is 85.2. The third-order valence-electron chi connectivity index (χ3n) is 21.3. The maximum atomic E-state index is 13.7. The molecule has 0 radical (unpaired) electrons. The van der Waals surface area contributed by atoms with Crippen molar-refractivity contribution in [3.8, 4) is 12.3 Å². The predicted octanol–water partition coefficient (Wildman–Crippen LogP) is -4.64. The molecule has 0 saturated carbocycles. The molecule has 51 heteroatoms. The van der Waals surface area contributed by atoms with Gasteiger partial charge in [0, 0.05) is 351 Å². The maximum absolute atomic E-state index is 13.7. The standard InChI is InChI=1S/C92H167N25O20S6/c1-8-47-111(50-18-83(128)106-43-65-116(58-24-84(129)104-41-61-112(51-21-79(124)97-33-29-93)48-16-73(118)12-9-13-74(119)67-138-2)59-27-87(132)109-46-66-117(92(137)110-40-39-103-91(136)72-143-7)60-28-88(133)100-36-38-102-90(135)71-142-6)49-17-82(127)105-42-64-115(56-25-85(130)107-44-62-113(54-22-80(125)98-34-30-94)52-19-77(122)95-31-10-14-75(120)68-139-3)57-26-86(131)108-45-63-114(53-20-78(123)96-32-11-15-76(121)69-140-4)55-23-81(126)99-35-37-101-89(134)70-141-5/h1H,9-72,93-94H2,2-7H3,(H,95,122)(H,96,123)(H,97,124)(H,98,125)(H,99,126)(H,100,133)(H,101,134)(H,102,135)(H,103,136)(H,104,129)(H,105,127)(H,106,128)(H,107,130)(H,108,131)(H,109,132)(H,110,137). The van der Waals surface area contributed by atoms with Crippen LogP contribution in [-0.2, 0) is 91.1 Å². The van der Waals surface area contributed by atoms with E-state index in [9.17, 15) is 95.9 Å². The summed E-state index contributed by atoms with van der Waals surface area (Å²) in [5.41, 5.74) is 11.2. The van der Waals surface area contributed by atoms with Gasteiger partial charge in [0.25, 0.3) is 0 Å². The van der Waals surface area contributed by atoms with Gasteiger partial charge in [-0.05, 0) is 56.8 Å². The van der Waals surface area contributed by atoms with Gasteiger partial charge in [0.15, 0.2) is 0 Å². The van der Waals surface area contributed by atoms with Crippen molar-refractivity contribution in [1.82, 2.24) is 119 Å². The van der Waals surface area contributed by atoms with Crippen molar-refractivity contribution >= 4 is 188 Å². The van der Waals surface area contributed by atoms with Crippen molar-refractivity contribution < 1.29 is 95.9 Å². The van der Waals surface area contributed by atoms with E-state index in [1.165, 1.54) is 75.5 Å². The number of urea groups is 1. The Labute approximate surface area is 871 Å². The van der Waals surface area contributed by atoms with Gasteiger partial charge in [0.05, 0.1) is 41.1 Å². The molecule has 0 aromatic carbocycles. The van der Waals surface area contributed by atoms with Gasteiger partial charge < -0.3 is 126 Å². The minimum absolute atomic E-state index is 0.0190. The fourth-order valence-corrected chi connectivity index (χ4v) is 16.0. The largest absolute Gasteiger partial charge is 0.356 e. The van der Waals surface area contributed by atoms with Crippen molar-refractivity contribution in [1.29, 1.82) is 0 Å². The van der Waals surface area contributed by atoms with Crippen molar-refractivity contribution in [3.63, 3.8) is 0 Å². The van der Waals surface area contributed by atoms with Gasteiger partial charge in [0.2, 0.25) is 88.6 Å². The molecule has 17 amide bonds. The number of carbonyl (C=O) groups is 20. The van der Waals surface area contributed by atoms with Crippen LogP contribution in [0.1, 0.15) is 128 Å². The first-order valence-electron chi connectivity index (χ1n) is 49.1. The summed E-state index contributed by atoms with van der Waals surface area (Å²) in [5.74, 6) is 0.403. The third kappa shape index (κ3) is 83.1. The molecule has 0 rings (SSSR count). The molecular formula is C92H167N25O20S6. The van der Waals surface area contributed by atoms with E-state index in [1.54, 1.807) is 23.7 Å². The number of hydrogen-bond donors (Lipinski definition) is 18. The van der Waals surface area contributed by atoms with Crippen LogP contribution in [0, 0.1) is 12.3 Å². The highest BCUT2D eigenvalue weighted by Crippen LogP contribution is 2.09. The maximum Gasteiger partial charge on any atom is 0.317 e. The number of nitrogens with one attached hydrogen (secondary N) is 16. The Morgan fingerprint density at radius 1 is 0.203 bits per heavy atom. The first-order chi connectivity index (χ1) is 68.8. The summed E-state index contributed by atoms with van der Waals surface area (Å²) in [7, 11) is 0. The second-order valence-electron chi connectivity index (χ2n) is 33.3. The van der Waals surface area contributed by atoms with Gasteiger partial charge in [-0.3, -0.25) is 96.0 Å². The minimum Gasteiger partial charge on any atom is -0.356 e. The van der Waals surface area contributed by atoms with Crippen molar-refractivity contribution in [2.75, 3.05) is 321 Å². The molecule has 0 aromatic rings. The molecular weight excluding hydrogens is 1970 g/mol. The van der Waals surface area contributed by atoms with Gasteiger partial charge in [0.1, 0.15) is 23.1 Å². The van der Waals surface area contributed by atoms with Gasteiger partial charge >= 0.3 is 6.03 Å². The third-order valence-corrected chi connectivity index (χ3v) is 24.8. The summed E-state index contributed by atoms with van der Waals surface area (Å²) < 4.78 is 0. The average molecular weight is 2140 g/mol. The van der Waals surface area contributed by atoms with Gasteiger partial charge in [-0.15, -0.1) is 6.42 Å². The zero-order chi connectivity index (χ0) is 106. The lowest BCUT2D eigenvalue weighted by molar-refractivity contribution is -0.123. The molecule has 0 atom stereocenters. The molecule has 0 spiro atoms. The van der Waals surface area contributed by atoms with Gasteiger partial charge in [-0.2, -0.15) is 70.6 Å². The topological polar surface area (TPSA) is 609 Å². The first kappa shape index (κ1) is 134. The predicted molar refractivity (Wildman–Crippen MR) is 568 cm³/mol. The van der Waals surface area contributed by atoms with Gasteiger partial charge in [-0.1, -0.05) is 5.92 Å². The molecule has 0 heterocycles. The number of nitrogens with two attached hydrogens (primary N) is 2. The van der Waals surface area contributed by atoms with E-state index in [2.05, 4.69) is 91.0 Å². The van der Waals surface area contributed by atoms with Crippen LogP contribution in [0.2, 0.25) is 0 Å². The lowest BCUT2D eigenvalue weighted by Gasteiger charge is -2.24. The summed E-state index contributed by atoms with van der Waals surface area (Å²) >= 11 is 8.35. The quantitative estimate of drug-likeness (QED) is 0.0201. The number of rotatable bonds is 95. The van der Waals surface area contributed by atoms with Crippen LogP contribution < -0.4 is 96.5 Å². The van der Waals surface area contributed by atoms with E-state index in [0.29, 0.717) is 82.0 Å². The average Bonchev–Trinajstić information content (AvgIpc) is 0.931. The number of hydrogen-bond acceptors (Lipinski definition) is 34. The molecule has 20 N–H and O–H groups in total. The van der Waals surface area contributed by atoms with E-state index in [0.717, 1.165) is 0 Å². The van der Waals surface area contributed by atoms with Crippen LogP contribution in [0.3, 0.4) is 0 Å². The Morgan fingerprint density at radius 3 is 0.664 bits per heavy atom. The SMILES string of the molecule is C#CCN(CCC(=O)NCCN(CCC(=O)NCCN(CCC(=O)NCCN)CCC(=O)NCCCC(=O)CSC)CCC(=O)NCCN(CCC(=O)NCCCC(=O)CSC)CCC(=O)NCCNC(=O)CSC)CCC(=O)NCCN(CCC(=O)NCCN(CCC(=O)CCCC(=O)CSC)CCC(=O)NCCN)CCC(=O)NCCN(CCC(=O)NCCNC(=O)CSC)C(=O)NCCNC(=O)CSC. The number of ketones is 4. The number of nitrogens with zero attached hydrogens (tertiary/aromatic N) is 7. The number of carbonyl (C=O) groups excluding carboxylic acids is 20. The van der Waals surface area contributed by atoms with Crippen LogP contribution in [-0.4, -0.2) is 473 Å². The molecule has 0 aliphatic carbocycles. The summed E-state index contributed by atoms with van der Waals surface area (Å²) in [6, 6.07) is -0.551. The fraction of sp³-hybridized carbons (Fsp3) is 0.761. The Kier molecular flexibility index (Phi) is 86.4. The molecule has 0 unspecified atom stereocenters. The summed E-state index contributed by atoms with van der Waals surface area (Å²) in [4.78, 5) is 270. The lowest BCUT2D eigenvalue weighted by Crippen LogP contribution is -2.47. The van der Waals surface area contributed by atoms with Crippen molar-refractivity contribution in [3.05, 3.63) is 0 Å². The number of terminal acetylenes is 1. The summed E-state index contributed by atoms with van der Waals surface area (Å²) in [6.45, 7) is 6.98. The Balaban J connectivity index is 6.71. The van der Waals surface area contributed by atoms with E-state index < -0.39 is 11.9 Å². The van der Waals surface area contributed by atoms with Crippen LogP contribution in [0.5, 0.6) is 0 Å². The second kappa shape index (κ2) is 92.0. The Morgan fingerprint density at radius 2 is 0.406 bits per heavy atom. The van der Waals surface area contributed by atoms with Crippen LogP contribution in [0.25, 0.3) is 0 Å². The van der Waals surface area contributed by atoms with E-state index >= 15 is 0 Å². The van der Waals surface area contributed by atoms with Crippen molar-refractivity contribution in [2.45, 2.75) is 128 Å². The molecule has 816 valence electrons. The normalized spacial score (nSPS) is 11.0. The number of Topliss-reactive ketones (excluding diaryl/α,β-unsaturated/α-hetero) is 4. The molecule has 0 aliphatic heterocycles. The monoisotopic (exact) mass is 2130 g/mol. The smallest absolute Gasteiger partial charge is 0.317 e. The fourth-order valence-electron chi connectivity index (χ4n) is 13.5.